The average Bonchev–Trinajstić information content (AvgIpc) is 3.03. The van der Waals surface area contributed by atoms with Gasteiger partial charge in [0.15, 0.2) is 0 Å². The van der Waals surface area contributed by atoms with Crippen LogP contribution in [0.4, 0.5) is 11.4 Å². The third-order valence-corrected chi connectivity index (χ3v) is 6.98. The van der Waals surface area contributed by atoms with E-state index in [4.69, 9.17) is 5.73 Å². The van der Waals surface area contributed by atoms with Crippen molar-refractivity contribution in [2.45, 2.75) is 30.9 Å². The predicted molar refractivity (Wildman–Crippen MR) is 85.8 cm³/mol. The molecule has 0 aromatic heterocycles. The van der Waals surface area contributed by atoms with Gasteiger partial charge >= 0.3 is 0 Å². The molecule has 1 heterocycles. The summed E-state index contributed by atoms with van der Waals surface area (Å²) in [7, 11) is -3.09. The first kappa shape index (κ1) is 14.7. The second kappa shape index (κ2) is 5.85. The molecule has 3 rings (SSSR count). The highest BCUT2D eigenvalue weighted by Gasteiger charge is 2.35. The lowest BCUT2D eigenvalue weighted by molar-refractivity contribution is 0.378. The number of nitrogens with two attached hydrogens (primary N) is 1. The summed E-state index contributed by atoms with van der Waals surface area (Å²) in [5.74, 6) is 0. The van der Waals surface area contributed by atoms with E-state index >= 15 is 0 Å². The number of piperazine rings is 1. The number of benzene rings is 1. The van der Waals surface area contributed by atoms with Gasteiger partial charge in [0, 0.05) is 37.6 Å². The summed E-state index contributed by atoms with van der Waals surface area (Å²) in [6, 6.07) is 7.76. The van der Waals surface area contributed by atoms with Crippen molar-refractivity contribution >= 4 is 21.4 Å². The molecule has 5 nitrogen and oxygen atoms in total. The molecule has 2 aliphatic rings. The number of hydrogen-bond acceptors (Lipinski definition) is 4. The molecular weight excluding hydrogens is 286 g/mol. The van der Waals surface area contributed by atoms with Crippen LogP contribution in [-0.2, 0) is 10.0 Å². The number of hydrogen-bond donors (Lipinski definition) is 1. The Morgan fingerprint density at radius 1 is 0.952 bits per heavy atom. The Bertz CT molecular complexity index is 571. The van der Waals surface area contributed by atoms with Crippen LogP contribution in [0.5, 0.6) is 0 Å². The van der Waals surface area contributed by atoms with Crippen LogP contribution >= 0.6 is 0 Å². The molecule has 0 bridgehead atoms. The standard InChI is InChI=1S/C15H23N3O2S/c16-13-5-7-14(8-6-13)17-9-11-18(12-10-17)21(19,20)15-3-1-2-4-15/h5-8,15H,1-4,9-12,16H2. The zero-order valence-electron chi connectivity index (χ0n) is 12.2. The molecule has 0 unspecified atom stereocenters. The van der Waals surface area contributed by atoms with Crippen molar-refractivity contribution in [2.75, 3.05) is 36.8 Å². The highest BCUT2D eigenvalue weighted by Crippen LogP contribution is 2.28. The van der Waals surface area contributed by atoms with Gasteiger partial charge in [-0.25, -0.2) is 8.42 Å². The minimum absolute atomic E-state index is 0.138. The second-order valence-electron chi connectivity index (χ2n) is 5.93. The lowest BCUT2D eigenvalue weighted by Gasteiger charge is -2.36. The van der Waals surface area contributed by atoms with E-state index in [1.165, 1.54) is 0 Å². The molecule has 1 aromatic rings. The first-order valence-corrected chi connectivity index (χ1v) is 9.17. The van der Waals surface area contributed by atoms with E-state index in [0.29, 0.717) is 13.1 Å². The number of rotatable bonds is 3. The van der Waals surface area contributed by atoms with Crippen LogP contribution in [0.3, 0.4) is 0 Å². The maximum atomic E-state index is 12.6. The van der Waals surface area contributed by atoms with Crippen molar-refractivity contribution < 1.29 is 8.42 Å². The SMILES string of the molecule is Nc1ccc(N2CCN(S(=O)(=O)C3CCCC3)CC2)cc1. The average molecular weight is 309 g/mol. The Kier molecular flexibility index (Phi) is 4.08. The fourth-order valence-electron chi connectivity index (χ4n) is 3.28. The number of nitrogen functional groups attached to an aromatic ring is 1. The highest BCUT2D eigenvalue weighted by atomic mass is 32.2. The smallest absolute Gasteiger partial charge is 0.217 e. The third kappa shape index (κ3) is 3.01. The summed E-state index contributed by atoms with van der Waals surface area (Å²) in [5.41, 5.74) is 7.56. The van der Waals surface area contributed by atoms with Gasteiger partial charge in [-0.1, -0.05) is 12.8 Å². The summed E-state index contributed by atoms with van der Waals surface area (Å²) in [6.07, 6.45) is 3.77. The third-order valence-electron chi connectivity index (χ3n) is 4.58. The molecule has 2 fully saturated rings. The minimum Gasteiger partial charge on any atom is -0.399 e. The topological polar surface area (TPSA) is 66.6 Å². The number of sulfonamides is 1. The van der Waals surface area contributed by atoms with Gasteiger partial charge in [-0.05, 0) is 37.1 Å². The molecule has 6 heteroatoms. The van der Waals surface area contributed by atoms with Crippen molar-refractivity contribution in [3.05, 3.63) is 24.3 Å². The van der Waals surface area contributed by atoms with E-state index in [0.717, 1.165) is 50.1 Å². The molecule has 1 aromatic carbocycles. The molecular formula is C15H23N3O2S. The Morgan fingerprint density at radius 3 is 2.10 bits per heavy atom. The summed E-state index contributed by atoms with van der Waals surface area (Å²) in [6.45, 7) is 2.66. The predicted octanol–water partition coefficient (Wildman–Crippen LogP) is 1.66. The molecule has 116 valence electrons. The first-order chi connectivity index (χ1) is 10.1. The van der Waals surface area contributed by atoms with Crippen molar-refractivity contribution in [1.82, 2.24) is 4.31 Å². The number of nitrogens with zero attached hydrogens (tertiary/aromatic N) is 2. The molecule has 1 aliphatic heterocycles. The fourth-order valence-corrected chi connectivity index (χ4v) is 5.31. The molecule has 0 spiro atoms. The Balaban J connectivity index is 1.63. The zero-order chi connectivity index (χ0) is 14.9. The molecule has 2 N–H and O–H groups in total. The van der Waals surface area contributed by atoms with Gasteiger partial charge in [0.05, 0.1) is 5.25 Å². The van der Waals surface area contributed by atoms with E-state index in [1.807, 2.05) is 24.3 Å². The second-order valence-corrected chi connectivity index (χ2v) is 8.14. The first-order valence-electron chi connectivity index (χ1n) is 7.67. The van der Waals surface area contributed by atoms with E-state index in [9.17, 15) is 8.42 Å². The molecule has 1 aliphatic carbocycles. The molecule has 0 radical (unpaired) electrons. The molecule has 1 saturated heterocycles. The van der Waals surface area contributed by atoms with Crippen LogP contribution < -0.4 is 10.6 Å². The Labute approximate surface area is 126 Å². The fraction of sp³-hybridized carbons (Fsp3) is 0.600. The Morgan fingerprint density at radius 2 is 1.52 bits per heavy atom. The molecule has 21 heavy (non-hydrogen) atoms. The lowest BCUT2D eigenvalue weighted by atomic mass is 10.2. The normalized spacial score (nSPS) is 21.8. The van der Waals surface area contributed by atoms with Gasteiger partial charge in [0.2, 0.25) is 10.0 Å². The van der Waals surface area contributed by atoms with Gasteiger partial charge in [0.25, 0.3) is 0 Å². The summed E-state index contributed by atoms with van der Waals surface area (Å²) < 4.78 is 26.8. The maximum Gasteiger partial charge on any atom is 0.217 e. The molecule has 1 saturated carbocycles. The zero-order valence-corrected chi connectivity index (χ0v) is 13.1. The lowest BCUT2D eigenvalue weighted by Crippen LogP contribution is -2.50. The maximum absolute atomic E-state index is 12.6. The van der Waals surface area contributed by atoms with Gasteiger partial charge in [-0.2, -0.15) is 4.31 Å². The summed E-state index contributed by atoms with van der Waals surface area (Å²) >= 11 is 0. The Hall–Kier alpha value is -1.27. The van der Waals surface area contributed by atoms with Crippen molar-refractivity contribution in [3.8, 4) is 0 Å². The highest BCUT2D eigenvalue weighted by molar-refractivity contribution is 7.89. The van der Waals surface area contributed by atoms with Crippen molar-refractivity contribution in [2.24, 2.45) is 0 Å². The van der Waals surface area contributed by atoms with Crippen molar-refractivity contribution in [3.63, 3.8) is 0 Å². The molecule has 0 amide bonds. The van der Waals surface area contributed by atoms with Crippen LogP contribution in [0.25, 0.3) is 0 Å². The van der Waals surface area contributed by atoms with Gasteiger partial charge in [-0.3, -0.25) is 0 Å². The van der Waals surface area contributed by atoms with E-state index in [2.05, 4.69) is 4.90 Å². The summed E-state index contributed by atoms with van der Waals surface area (Å²) in [5, 5.41) is -0.138. The van der Waals surface area contributed by atoms with E-state index in [-0.39, 0.29) is 5.25 Å². The quantitative estimate of drug-likeness (QED) is 0.862. The van der Waals surface area contributed by atoms with Crippen LogP contribution in [0.2, 0.25) is 0 Å². The van der Waals surface area contributed by atoms with Crippen LogP contribution in [-0.4, -0.2) is 44.2 Å². The van der Waals surface area contributed by atoms with Crippen LogP contribution in [0.1, 0.15) is 25.7 Å². The van der Waals surface area contributed by atoms with E-state index < -0.39 is 10.0 Å². The minimum atomic E-state index is -3.09. The van der Waals surface area contributed by atoms with Gasteiger partial charge < -0.3 is 10.6 Å². The van der Waals surface area contributed by atoms with Gasteiger partial charge in [-0.15, -0.1) is 0 Å². The van der Waals surface area contributed by atoms with Crippen molar-refractivity contribution in [1.29, 1.82) is 0 Å². The summed E-state index contributed by atoms with van der Waals surface area (Å²) in [4.78, 5) is 2.22. The molecule has 0 atom stereocenters. The van der Waals surface area contributed by atoms with Crippen LogP contribution in [0, 0.1) is 0 Å². The van der Waals surface area contributed by atoms with Crippen LogP contribution in [0.15, 0.2) is 24.3 Å². The number of anilines is 2. The largest absolute Gasteiger partial charge is 0.399 e. The van der Waals surface area contributed by atoms with E-state index in [1.54, 1.807) is 4.31 Å². The monoisotopic (exact) mass is 309 g/mol. The van der Waals surface area contributed by atoms with Gasteiger partial charge in [0.1, 0.15) is 0 Å².